The molecule has 2 heteroatoms. The van der Waals surface area contributed by atoms with Crippen molar-refractivity contribution in [1.82, 2.24) is 5.32 Å². The smallest absolute Gasteiger partial charge is 0.122 e. The number of hydrogen-bond donors (Lipinski definition) is 1. The maximum Gasteiger partial charge on any atom is 0.122 e. The normalized spacial score (nSPS) is 19.7. The van der Waals surface area contributed by atoms with Crippen LogP contribution in [0.1, 0.15) is 47.9 Å². The molecule has 20 heavy (non-hydrogen) atoms. The van der Waals surface area contributed by atoms with Crippen molar-refractivity contribution >= 4 is 0 Å². The molecule has 1 fully saturated rings. The van der Waals surface area contributed by atoms with Crippen molar-refractivity contribution in [3.8, 4) is 5.75 Å². The number of nitrogens with one attached hydrogen (secondary N) is 1. The molecule has 0 amide bonds. The summed E-state index contributed by atoms with van der Waals surface area (Å²) in [6, 6.07) is 2.28. The Morgan fingerprint density at radius 2 is 1.85 bits per heavy atom. The molecular formula is C18H27NO. The summed E-state index contributed by atoms with van der Waals surface area (Å²) < 4.78 is 5.72. The van der Waals surface area contributed by atoms with E-state index >= 15 is 0 Å². The third kappa shape index (κ3) is 2.71. The number of hydrogen-bond acceptors (Lipinski definition) is 2. The number of methoxy groups -OCH3 is 1. The third-order valence-corrected chi connectivity index (χ3v) is 5.12. The summed E-state index contributed by atoms with van der Waals surface area (Å²) in [6.07, 6.45) is 9.06. The second kappa shape index (κ2) is 6.17. The third-order valence-electron chi connectivity index (χ3n) is 5.12. The molecule has 1 heterocycles. The molecule has 0 spiro atoms. The van der Waals surface area contributed by atoms with Gasteiger partial charge in [-0.2, -0.15) is 0 Å². The Kier molecular flexibility index (Phi) is 4.30. The first-order valence-electron chi connectivity index (χ1n) is 8.18. The van der Waals surface area contributed by atoms with E-state index in [4.69, 9.17) is 4.74 Å². The van der Waals surface area contributed by atoms with Crippen molar-refractivity contribution in [3.05, 3.63) is 28.3 Å². The van der Waals surface area contributed by atoms with Gasteiger partial charge in [-0.3, -0.25) is 0 Å². The fourth-order valence-corrected chi connectivity index (χ4v) is 3.97. The molecule has 2 aliphatic rings. The van der Waals surface area contributed by atoms with E-state index in [-0.39, 0.29) is 0 Å². The molecule has 1 aromatic rings. The van der Waals surface area contributed by atoms with Crippen LogP contribution in [0.25, 0.3) is 0 Å². The maximum absolute atomic E-state index is 5.72. The highest BCUT2D eigenvalue weighted by Crippen LogP contribution is 2.36. The van der Waals surface area contributed by atoms with E-state index in [1.807, 2.05) is 7.11 Å². The molecular weight excluding hydrogens is 246 g/mol. The summed E-state index contributed by atoms with van der Waals surface area (Å²) in [5.74, 6) is 1.97. The highest BCUT2D eigenvalue weighted by molar-refractivity contribution is 5.50. The summed E-state index contributed by atoms with van der Waals surface area (Å²) in [4.78, 5) is 0. The summed E-state index contributed by atoms with van der Waals surface area (Å²) in [5.41, 5.74) is 6.22. The highest BCUT2D eigenvalue weighted by Gasteiger charge is 2.22. The number of ether oxygens (including phenoxy) is 1. The van der Waals surface area contributed by atoms with Crippen LogP contribution in [0.4, 0.5) is 0 Å². The first-order chi connectivity index (χ1) is 9.79. The van der Waals surface area contributed by atoms with E-state index in [1.165, 1.54) is 69.2 Å². The quantitative estimate of drug-likeness (QED) is 0.911. The predicted octanol–water partition coefficient (Wildman–Crippen LogP) is 3.42. The topological polar surface area (TPSA) is 21.3 Å². The van der Waals surface area contributed by atoms with Gasteiger partial charge >= 0.3 is 0 Å². The molecule has 0 aromatic heterocycles. The Hall–Kier alpha value is -1.02. The molecule has 0 radical (unpaired) electrons. The van der Waals surface area contributed by atoms with Crippen molar-refractivity contribution in [3.63, 3.8) is 0 Å². The van der Waals surface area contributed by atoms with Gasteiger partial charge in [-0.1, -0.05) is 0 Å². The Morgan fingerprint density at radius 3 is 2.55 bits per heavy atom. The fourth-order valence-electron chi connectivity index (χ4n) is 3.97. The Balaban J connectivity index is 1.94. The zero-order valence-corrected chi connectivity index (χ0v) is 12.9. The van der Waals surface area contributed by atoms with E-state index in [0.717, 1.165) is 11.7 Å². The predicted molar refractivity (Wildman–Crippen MR) is 83.7 cm³/mol. The first-order valence-corrected chi connectivity index (χ1v) is 8.18. The van der Waals surface area contributed by atoms with Gasteiger partial charge in [-0.15, -0.1) is 0 Å². The van der Waals surface area contributed by atoms with E-state index < -0.39 is 0 Å². The van der Waals surface area contributed by atoms with Crippen molar-refractivity contribution in [1.29, 1.82) is 0 Å². The van der Waals surface area contributed by atoms with Crippen molar-refractivity contribution in [2.45, 2.75) is 51.9 Å². The van der Waals surface area contributed by atoms with Gasteiger partial charge in [0.25, 0.3) is 0 Å². The van der Waals surface area contributed by atoms with Gasteiger partial charge in [0.2, 0.25) is 0 Å². The Bertz CT molecular complexity index is 475. The van der Waals surface area contributed by atoms with Crippen LogP contribution in [-0.4, -0.2) is 20.2 Å². The van der Waals surface area contributed by atoms with E-state index in [0.29, 0.717) is 0 Å². The van der Waals surface area contributed by atoms with Gasteiger partial charge in [0.15, 0.2) is 0 Å². The molecule has 110 valence electrons. The lowest BCUT2D eigenvalue weighted by molar-refractivity contribution is 0.359. The molecule has 0 saturated carbocycles. The van der Waals surface area contributed by atoms with E-state index in [9.17, 15) is 0 Å². The van der Waals surface area contributed by atoms with Gasteiger partial charge < -0.3 is 10.1 Å². The van der Waals surface area contributed by atoms with Gasteiger partial charge in [0.1, 0.15) is 5.75 Å². The van der Waals surface area contributed by atoms with Crippen LogP contribution in [0.5, 0.6) is 5.75 Å². The van der Waals surface area contributed by atoms with Crippen LogP contribution >= 0.6 is 0 Å². The average Bonchev–Trinajstić information content (AvgIpc) is 2.51. The van der Waals surface area contributed by atoms with Crippen LogP contribution < -0.4 is 10.1 Å². The average molecular weight is 273 g/mol. The lowest BCUT2D eigenvalue weighted by Gasteiger charge is -2.28. The van der Waals surface area contributed by atoms with Crippen LogP contribution in [0.3, 0.4) is 0 Å². The number of fused-ring (bicyclic) bond motifs is 1. The van der Waals surface area contributed by atoms with Gasteiger partial charge in [-0.05, 0) is 99.2 Å². The fraction of sp³-hybridized carbons (Fsp3) is 0.667. The zero-order chi connectivity index (χ0) is 13.9. The van der Waals surface area contributed by atoms with Crippen molar-refractivity contribution in [2.24, 2.45) is 5.92 Å². The van der Waals surface area contributed by atoms with Crippen molar-refractivity contribution < 1.29 is 4.74 Å². The Morgan fingerprint density at radius 1 is 1.15 bits per heavy atom. The largest absolute Gasteiger partial charge is 0.496 e. The number of benzene rings is 1. The lowest BCUT2D eigenvalue weighted by atomic mass is 9.81. The van der Waals surface area contributed by atoms with Gasteiger partial charge in [0.05, 0.1) is 7.11 Å². The van der Waals surface area contributed by atoms with Crippen LogP contribution in [0.2, 0.25) is 0 Å². The maximum atomic E-state index is 5.72. The molecule has 2 nitrogen and oxygen atoms in total. The number of rotatable bonds is 3. The molecule has 0 atom stereocenters. The first kappa shape index (κ1) is 13.9. The van der Waals surface area contributed by atoms with Crippen molar-refractivity contribution in [2.75, 3.05) is 20.2 Å². The highest BCUT2D eigenvalue weighted by atomic mass is 16.5. The van der Waals surface area contributed by atoms with E-state index in [2.05, 4.69) is 18.3 Å². The molecule has 1 aliphatic carbocycles. The van der Waals surface area contributed by atoms with Gasteiger partial charge in [-0.25, -0.2) is 0 Å². The molecule has 1 saturated heterocycles. The standard InChI is InChI=1S/C18H27NO/c1-13-11-18(20-2)17(12-14-7-9-19-10-8-14)16-6-4-3-5-15(13)16/h11,14,19H,3-10,12H2,1-2H3. The van der Waals surface area contributed by atoms with Gasteiger partial charge in [0, 0.05) is 0 Å². The van der Waals surface area contributed by atoms with E-state index in [1.54, 1.807) is 11.1 Å². The summed E-state index contributed by atoms with van der Waals surface area (Å²) in [7, 11) is 1.83. The zero-order valence-electron chi connectivity index (χ0n) is 12.9. The summed E-state index contributed by atoms with van der Waals surface area (Å²) in [6.45, 7) is 4.61. The second-order valence-electron chi connectivity index (χ2n) is 6.44. The molecule has 1 aliphatic heterocycles. The van der Waals surface area contributed by atoms with Crippen LogP contribution in [0, 0.1) is 12.8 Å². The number of aryl methyl sites for hydroxylation is 1. The lowest BCUT2D eigenvalue weighted by Crippen LogP contribution is -2.29. The minimum absolute atomic E-state index is 0.832. The molecule has 0 unspecified atom stereocenters. The summed E-state index contributed by atoms with van der Waals surface area (Å²) in [5, 5.41) is 3.47. The Labute approximate surface area is 122 Å². The SMILES string of the molecule is COc1cc(C)c2c(c1CC1CCNCC1)CCCC2. The molecule has 0 bridgehead atoms. The van der Waals surface area contributed by atoms with Crippen LogP contribution in [0.15, 0.2) is 6.07 Å². The molecule has 1 aromatic carbocycles. The monoisotopic (exact) mass is 273 g/mol. The second-order valence-corrected chi connectivity index (χ2v) is 6.44. The molecule has 1 N–H and O–H groups in total. The minimum atomic E-state index is 0.832. The molecule has 3 rings (SSSR count). The number of piperidine rings is 1. The summed E-state index contributed by atoms with van der Waals surface area (Å²) >= 11 is 0. The van der Waals surface area contributed by atoms with Crippen LogP contribution in [-0.2, 0) is 19.3 Å². The minimum Gasteiger partial charge on any atom is -0.496 e.